The Bertz CT molecular complexity index is 462. The minimum Gasteiger partial charge on any atom is -0.481 e. The van der Waals surface area contributed by atoms with Crippen molar-refractivity contribution in [3.05, 3.63) is 12.2 Å². The van der Waals surface area contributed by atoms with Gasteiger partial charge < -0.3 is 20.1 Å². The highest BCUT2D eigenvalue weighted by atomic mass is 16.5. The Labute approximate surface area is 122 Å². The van der Waals surface area contributed by atoms with Crippen LogP contribution in [0, 0.1) is 11.8 Å². The van der Waals surface area contributed by atoms with E-state index >= 15 is 0 Å². The average Bonchev–Trinajstić information content (AvgIpc) is 2.53. The molecule has 2 amide bonds. The number of carbonyl (C=O) groups is 3. The van der Waals surface area contributed by atoms with Gasteiger partial charge in [-0.25, -0.2) is 0 Å². The van der Waals surface area contributed by atoms with E-state index in [0.717, 1.165) is 0 Å². The maximum Gasteiger partial charge on any atom is 0.307 e. The van der Waals surface area contributed by atoms with Gasteiger partial charge in [0.05, 0.1) is 25.0 Å². The summed E-state index contributed by atoms with van der Waals surface area (Å²) in [4.78, 5) is 37.3. The van der Waals surface area contributed by atoms with Crippen molar-refractivity contribution in [1.82, 2.24) is 10.2 Å². The first-order valence-corrected chi connectivity index (χ1v) is 7.04. The average molecular weight is 296 g/mol. The lowest BCUT2D eigenvalue weighted by Crippen LogP contribution is -2.57. The van der Waals surface area contributed by atoms with E-state index in [1.54, 1.807) is 6.08 Å². The van der Waals surface area contributed by atoms with Gasteiger partial charge in [-0.3, -0.25) is 14.4 Å². The van der Waals surface area contributed by atoms with Crippen LogP contribution >= 0.6 is 0 Å². The molecule has 3 atom stereocenters. The van der Waals surface area contributed by atoms with Gasteiger partial charge in [0.1, 0.15) is 6.04 Å². The van der Waals surface area contributed by atoms with Crippen LogP contribution in [0.5, 0.6) is 0 Å². The van der Waals surface area contributed by atoms with Gasteiger partial charge in [-0.2, -0.15) is 0 Å². The quantitative estimate of drug-likeness (QED) is 0.693. The van der Waals surface area contributed by atoms with Crippen molar-refractivity contribution >= 4 is 17.8 Å². The molecule has 1 aliphatic carbocycles. The fraction of sp³-hybridized carbons (Fsp3) is 0.643. The predicted molar refractivity (Wildman–Crippen MR) is 73.4 cm³/mol. The molecule has 0 aromatic carbocycles. The Morgan fingerprint density at radius 1 is 1.24 bits per heavy atom. The number of ether oxygens (including phenoxy) is 1. The summed E-state index contributed by atoms with van der Waals surface area (Å²) in [5, 5.41) is 11.8. The van der Waals surface area contributed by atoms with Crippen LogP contribution in [0.2, 0.25) is 0 Å². The molecule has 2 aliphatic rings. The lowest BCUT2D eigenvalue weighted by atomic mass is 9.81. The maximum absolute atomic E-state index is 12.7. The molecular formula is C14H20N2O5. The zero-order chi connectivity index (χ0) is 15.4. The maximum atomic E-state index is 12.7. The van der Waals surface area contributed by atoms with Crippen LogP contribution < -0.4 is 5.32 Å². The second-order valence-electron chi connectivity index (χ2n) is 5.23. The fourth-order valence-electron chi connectivity index (χ4n) is 2.82. The SMILES string of the molecule is CNC(=O)C1COCCN1C(=O)C1CC=CCC1C(=O)O. The molecule has 0 spiro atoms. The van der Waals surface area contributed by atoms with Crippen LogP contribution in [-0.2, 0) is 19.1 Å². The molecule has 7 heteroatoms. The Hall–Kier alpha value is -1.89. The zero-order valence-electron chi connectivity index (χ0n) is 11.9. The number of rotatable bonds is 3. The molecule has 21 heavy (non-hydrogen) atoms. The number of likely N-dealkylation sites (N-methyl/N-ethyl adjacent to an activating group) is 1. The van der Waals surface area contributed by atoms with Gasteiger partial charge in [0.2, 0.25) is 11.8 Å². The lowest BCUT2D eigenvalue weighted by Gasteiger charge is -2.38. The number of allylic oxidation sites excluding steroid dienone is 2. The molecule has 0 aromatic heterocycles. The summed E-state index contributed by atoms with van der Waals surface area (Å²) in [5.41, 5.74) is 0. The number of nitrogens with one attached hydrogen (secondary N) is 1. The number of aliphatic carboxylic acids is 1. The minimum atomic E-state index is -0.970. The van der Waals surface area contributed by atoms with Crippen molar-refractivity contribution in [3.8, 4) is 0 Å². The highest BCUT2D eigenvalue weighted by Crippen LogP contribution is 2.28. The van der Waals surface area contributed by atoms with Crippen LogP contribution in [0.25, 0.3) is 0 Å². The first-order chi connectivity index (χ1) is 10.1. The summed E-state index contributed by atoms with van der Waals surface area (Å²) in [7, 11) is 1.50. The monoisotopic (exact) mass is 296 g/mol. The molecular weight excluding hydrogens is 276 g/mol. The van der Waals surface area contributed by atoms with Crippen molar-refractivity contribution in [1.29, 1.82) is 0 Å². The molecule has 0 saturated carbocycles. The van der Waals surface area contributed by atoms with E-state index in [9.17, 15) is 19.5 Å². The van der Waals surface area contributed by atoms with E-state index in [0.29, 0.717) is 26.0 Å². The summed E-state index contributed by atoms with van der Waals surface area (Å²) in [6, 6.07) is -0.684. The van der Waals surface area contributed by atoms with E-state index in [4.69, 9.17) is 4.74 Å². The Balaban J connectivity index is 2.17. The number of carboxylic acids is 1. The van der Waals surface area contributed by atoms with E-state index < -0.39 is 23.8 Å². The van der Waals surface area contributed by atoms with E-state index in [1.807, 2.05) is 6.08 Å². The molecule has 0 radical (unpaired) electrons. The lowest BCUT2D eigenvalue weighted by molar-refractivity contribution is -0.157. The normalized spacial score (nSPS) is 29.0. The van der Waals surface area contributed by atoms with Gasteiger partial charge in [-0.15, -0.1) is 0 Å². The van der Waals surface area contributed by atoms with Gasteiger partial charge in [0, 0.05) is 13.6 Å². The molecule has 2 N–H and O–H groups in total. The van der Waals surface area contributed by atoms with Gasteiger partial charge in [-0.05, 0) is 12.8 Å². The third kappa shape index (κ3) is 3.24. The van der Waals surface area contributed by atoms with Crippen molar-refractivity contribution < 1.29 is 24.2 Å². The topological polar surface area (TPSA) is 95.9 Å². The second-order valence-corrected chi connectivity index (χ2v) is 5.23. The third-order valence-electron chi connectivity index (χ3n) is 4.03. The molecule has 1 saturated heterocycles. The van der Waals surface area contributed by atoms with Crippen molar-refractivity contribution in [2.24, 2.45) is 11.8 Å². The van der Waals surface area contributed by atoms with E-state index in [2.05, 4.69) is 5.32 Å². The highest BCUT2D eigenvalue weighted by Gasteiger charge is 2.40. The van der Waals surface area contributed by atoms with E-state index in [-0.39, 0.29) is 18.4 Å². The molecule has 116 valence electrons. The number of hydrogen-bond acceptors (Lipinski definition) is 4. The Kier molecular flexibility index (Phi) is 4.95. The number of morpholine rings is 1. The molecule has 0 aromatic rings. The Morgan fingerprint density at radius 3 is 2.52 bits per heavy atom. The largest absolute Gasteiger partial charge is 0.481 e. The number of amides is 2. The van der Waals surface area contributed by atoms with Crippen LogP contribution in [-0.4, -0.2) is 60.6 Å². The number of nitrogens with zero attached hydrogens (tertiary/aromatic N) is 1. The van der Waals surface area contributed by atoms with E-state index in [1.165, 1.54) is 11.9 Å². The van der Waals surface area contributed by atoms with Crippen molar-refractivity contribution in [3.63, 3.8) is 0 Å². The number of carbonyl (C=O) groups excluding carboxylic acids is 2. The molecule has 2 rings (SSSR count). The van der Waals surface area contributed by atoms with Crippen molar-refractivity contribution in [2.45, 2.75) is 18.9 Å². The number of hydrogen-bond donors (Lipinski definition) is 2. The van der Waals surface area contributed by atoms with Crippen LogP contribution in [0.3, 0.4) is 0 Å². The van der Waals surface area contributed by atoms with Crippen molar-refractivity contribution in [2.75, 3.05) is 26.8 Å². The number of carboxylic acid groups (broad SMARTS) is 1. The molecule has 1 aliphatic heterocycles. The second kappa shape index (κ2) is 6.71. The van der Waals surface area contributed by atoms with Crippen LogP contribution in [0.4, 0.5) is 0 Å². The van der Waals surface area contributed by atoms with Gasteiger partial charge >= 0.3 is 5.97 Å². The third-order valence-corrected chi connectivity index (χ3v) is 4.03. The van der Waals surface area contributed by atoms with Crippen LogP contribution in [0.1, 0.15) is 12.8 Å². The smallest absolute Gasteiger partial charge is 0.307 e. The molecule has 1 fully saturated rings. The highest BCUT2D eigenvalue weighted by molar-refractivity contribution is 5.91. The summed E-state index contributed by atoms with van der Waals surface area (Å²) in [6.07, 6.45) is 4.36. The standard InChI is InChI=1S/C14H20N2O5/c1-15-12(17)11-8-21-7-6-16(11)13(18)9-4-2-3-5-10(9)14(19)20/h2-3,9-11H,4-8H2,1H3,(H,15,17)(H,19,20). The summed E-state index contributed by atoms with van der Waals surface area (Å²) >= 11 is 0. The first-order valence-electron chi connectivity index (χ1n) is 7.04. The summed E-state index contributed by atoms with van der Waals surface area (Å²) in [5.74, 6) is -2.87. The molecule has 1 heterocycles. The fourth-order valence-corrected chi connectivity index (χ4v) is 2.82. The summed E-state index contributed by atoms with van der Waals surface area (Å²) in [6.45, 7) is 0.814. The zero-order valence-corrected chi connectivity index (χ0v) is 11.9. The summed E-state index contributed by atoms with van der Waals surface area (Å²) < 4.78 is 5.26. The van der Waals surface area contributed by atoms with Gasteiger partial charge in [-0.1, -0.05) is 12.2 Å². The Morgan fingerprint density at radius 2 is 1.90 bits per heavy atom. The molecule has 0 bridgehead atoms. The van der Waals surface area contributed by atoms with Crippen LogP contribution in [0.15, 0.2) is 12.2 Å². The van der Waals surface area contributed by atoms with Gasteiger partial charge in [0.25, 0.3) is 0 Å². The predicted octanol–water partition coefficient (Wildman–Crippen LogP) is -0.373. The minimum absolute atomic E-state index is 0.145. The first kappa shape index (κ1) is 15.5. The molecule has 3 unspecified atom stereocenters. The van der Waals surface area contributed by atoms with Gasteiger partial charge in [0.15, 0.2) is 0 Å². The molecule has 7 nitrogen and oxygen atoms in total.